The van der Waals surface area contributed by atoms with Crippen molar-refractivity contribution in [3.05, 3.63) is 33.8 Å². The van der Waals surface area contributed by atoms with Gasteiger partial charge in [-0.15, -0.1) is 0 Å². The Labute approximate surface area is 93.7 Å². The van der Waals surface area contributed by atoms with Crippen LogP contribution in [0.25, 0.3) is 0 Å². The van der Waals surface area contributed by atoms with Crippen molar-refractivity contribution in [1.29, 1.82) is 0 Å². The van der Waals surface area contributed by atoms with Crippen LogP contribution >= 0.6 is 23.2 Å². The highest BCUT2D eigenvalue weighted by Gasteiger charge is 1.96. The van der Waals surface area contributed by atoms with Crippen LogP contribution in [0.15, 0.2) is 18.2 Å². The quantitative estimate of drug-likeness (QED) is 0.610. The van der Waals surface area contributed by atoms with Gasteiger partial charge in [-0.2, -0.15) is 0 Å². The van der Waals surface area contributed by atoms with Crippen LogP contribution in [-0.2, 0) is 0 Å². The van der Waals surface area contributed by atoms with E-state index in [9.17, 15) is 0 Å². The van der Waals surface area contributed by atoms with E-state index in [4.69, 9.17) is 28.3 Å². The summed E-state index contributed by atoms with van der Waals surface area (Å²) in [5.74, 6) is 5.88. The summed E-state index contributed by atoms with van der Waals surface area (Å²) in [6, 6.07) is 5.27. The summed E-state index contributed by atoms with van der Waals surface area (Å²) >= 11 is 11.6. The summed E-state index contributed by atoms with van der Waals surface area (Å²) in [6.45, 7) is 0.177. The van der Waals surface area contributed by atoms with Crippen LogP contribution in [0.5, 0.6) is 0 Å². The number of hydrogen-bond donors (Lipinski definition) is 1. The minimum absolute atomic E-state index is 0.177. The summed E-state index contributed by atoms with van der Waals surface area (Å²) in [5, 5.41) is 9.59. The number of halogens is 2. The number of hydrogen-bond acceptors (Lipinski definition) is 1. The van der Waals surface area contributed by atoms with Gasteiger partial charge in [0.1, 0.15) is 0 Å². The third-order valence-corrected chi connectivity index (χ3v) is 2.35. The van der Waals surface area contributed by atoms with Gasteiger partial charge in [0, 0.05) is 18.6 Å². The van der Waals surface area contributed by atoms with Crippen molar-refractivity contribution in [3.63, 3.8) is 0 Å². The smallest absolute Gasteiger partial charge is 0.0604 e. The first-order valence-corrected chi connectivity index (χ1v) is 5.04. The van der Waals surface area contributed by atoms with Gasteiger partial charge < -0.3 is 5.11 Å². The highest BCUT2D eigenvalue weighted by molar-refractivity contribution is 6.42. The lowest BCUT2D eigenvalue weighted by Crippen LogP contribution is -1.79. The summed E-state index contributed by atoms with van der Waals surface area (Å²) in [5.41, 5.74) is 0.845. The molecule has 0 bridgehead atoms. The highest BCUT2D eigenvalue weighted by Crippen LogP contribution is 2.21. The van der Waals surface area contributed by atoms with Crippen molar-refractivity contribution in [3.8, 4) is 11.8 Å². The second kappa shape index (κ2) is 5.93. The molecule has 0 unspecified atom stereocenters. The fourth-order valence-electron chi connectivity index (χ4n) is 0.906. The number of aliphatic hydroxyl groups is 1. The Morgan fingerprint density at radius 1 is 1.21 bits per heavy atom. The van der Waals surface area contributed by atoms with E-state index >= 15 is 0 Å². The molecule has 0 aliphatic carbocycles. The van der Waals surface area contributed by atoms with Crippen LogP contribution in [0.1, 0.15) is 18.4 Å². The van der Waals surface area contributed by atoms with Crippen molar-refractivity contribution in [2.75, 3.05) is 6.61 Å². The maximum atomic E-state index is 8.54. The minimum Gasteiger partial charge on any atom is -0.396 e. The molecule has 0 heterocycles. The average Bonchev–Trinajstić information content (AvgIpc) is 2.18. The van der Waals surface area contributed by atoms with E-state index < -0.39 is 0 Å². The SMILES string of the molecule is OCCCC#Cc1ccc(Cl)c(Cl)c1. The zero-order valence-electron chi connectivity index (χ0n) is 7.56. The predicted octanol–water partition coefficient (Wildman–Crippen LogP) is 3.12. The van der Waals surface area contributed by atoms with E-state index in [2.05, 4.69) is 11.8 Å². The van der Waals surface area contributed by atoms with Crippen LogP contribution in [0, 0.1) is 11.8 Å². The molecule has 0 fully saturated rings. The molecule has 0 saturated carbocycles. The standard InChI is InChI=1S/C11H10Cl2O/c12-10-6-5-9(8-11(10)13)4-2-1-3-7-14/h5-6,8,14H,1,3,7H2. The van der Waals surface area contributed by atoms with Crippen LogP contribution in [0.2, 0.25) is 10.0 Å². The average molecular weight is 229 g/mol. The van der Waals surface area contributed by atoms with Crippen molar-refractivity contribution >= 4 is 23.2 Å². The lowest BCUT2D eigenvalue weighted by atomic mass is 10.2. The second-order valence-corrected chi connectivity index (χ2v) is 3.57. The Morgan fingerprint density at radius 2 is 2.00 bits per heavy atom. The van der Waals surface area contributed by atoms with E-state index in [0.717, 1.165) is 5.56 Å². The molecule has 0 saturated heterocycles. The number of rotatable bonds is 2. The molecule has 0 atom stereocenters. The Hall–Kier alpha value is -0.680. The lowest BCUT2D eigenvalue weighted by Gasteiger charge is -1.94. The zero-order valence-corrected chi connectivity index (χ0v) is 9.07. The third-order valence-electron chi connectivity index (χ3n) is 1.61. The maximum absolute atomic E-state index is 8.54. The molecule has 1 N–H and O–H groups in total. The van der Waals surface area contributed by atoms with Crippen molar-refractivity contribution in [2.24, 2.45) is 0 Å². The van der Waals surface area contributed by atoms with Gasteiger partial charge in [0.15, 0.2) is 0 Å². The molecule has 0 aromatic heterocycles. The normalized spacial score (nSPS) is 9.36. The molecule has 74 valence electrons. The zero-order chi connectivity index (χ0) is 10.4. The van der Waals surface area contributed by atoms with Gasteiger partial charge >= 0.3 is 0 Å². The number of benzene rings is 1. The lowest BCUT2D eigenvalue weighted by molar-refractivity contribution is 0.290. The van der Waals surface area contributed by atoms with Crippen molar-refractivity contribution in [1.82, 2.24) is 0 Å². The molecular weight excluding hydrogens is 219 g/mol. The van der Waals surface area contributed by atoms with Gasteiger partial charge in [-0.25, -0.2) is 0 Å². The molecule has 1 aromatic carbocycles. The van der Waals surface area contributed by atoms with Gasteiger partial charge in [-0.05, 0) is 24.6 Å². The summed E-state index contributed by atoms with van der Waals surface area (Å²) in [6.07, 6.45) is 1.39. The maximum Gasteiger partial charge on any atom is 0.0604 e. The molecule has 3 heteroatoms. The molecule has 0 aliphatic heterocycles. The minimum atomic E-state index is 0.177. The van der Waals surface area contributed by atoms with Gasteiger partial charge in [-0.1, -0.05) is 35.0 Å². The molecular formula is C11H10Cl2O. The Kier molecular flexibility index (Phi) is 4.82. The third kappa shape index (κ3) is 3.59. The summed E-state index contributed by atoms with van der Waals surface area (Å²) in [4.78, 5) is 0. The van der Waals surface area contributed by atoms with E-state index in [1.165, 1.54) is 0 Å². The molecule has 14 heavy (non-hydrogen) atoms. The molecule has 1 rings (SSSR count). The Morgan fingerprint density at radius 3 is 2.64 bits per heavy atom. The summed E-state index contributed by atoms with van der Waals surface area (Å²) in [7, 11) is 0. The largest absolute Gasteiger partial charge is 0.396 e. The Balaban J connectivity index is 2.66. The van der Waals surface area contributed by atoms with Crippen LogP contribution in [-0.4, -0.2) is 11.7 Å². The number of unbranched alkanes of at least 4 members (excludes halogenated alkanes) is 1. The van der Waals surface area contributed by atoms with Crippen LogP contribution in [0.4, 0.5) is 0 Å². The molecule has 0 spiro atoms. The summed E-state index contributed by atoms with van der Waals surface area (Å²) < 4.78 is 0. The van der Waals surface area contributed by atoms with E-state index in [0.29, 0.717) is 22.9 Å². The van der Waals surface area contributed by atoms with E-state index in [-0.39, 0.29) is 6.61 Å². The molecule has 0 amide bonds. The molecule has 0 radical (unpaired) electrons. The van der Waals surface area contributed by atoms with E-state index in [1.54, 1.807) is 12.1 Å². The fourth-order valence-corrected chi connectivity index (χ4v) is 1.20. The van der Waals surface area contributed by atoms with Gasteiger partial charge in [0.25, 0.3) is 0 Å². The topological polar surface area (TPSA) is 20.2 Å². The van der Waals surface area contributed by atoms with E-state index in [1.807, 2.05) is 6.07 Å². The predicted molar refractivity (Wildman–Crippen MR) is 59.7 cm³/mol. The van der Waals surface area contributed by atoms with Crippen molar-refractivity contribution in [2.45, 2.75) is 12.8 Å². The van der Waals surface area contributed by atoms with Gasteiger partial charge in [0.05, 0.1) is 10.0 Å². The van der Waals surface area contributed by atoms with Crippen LogP contribution in [0.3, 0.4) is 0 Å². The van der Waals surface area contributed by atoms with Gasteiger partial charge in [-0.3, -0.25) is 0 Å². The van der Waals surface area contributed by atoms with Crippen molar-refractivity contribution < 1.29 is 5.11 Å². The van der Waals surface area contributed by atoms with Crippen LogP contribution < -0.4 is 0 Å². The highest BCUT2D eigenvalue weighted by atomic mass is 35.5. The Bertz CT molecular complexity index is 363. The number of aliphatic hydroxyl groups excluding tert-OH is 1. The first kappa shape index (κ1) is 11.4. The first-order valence-electron chi connectivity index (χ1n) is 4.29. The molecule has 0 aliphatic rings. The first-order chi connectivity index (χ1) is 6.74. The van der Waals surface area contributed by atoms with Gasteiger partial charge in [0.2, 0.25) is 0 Å². The monoisotopic (exact) mass is 228 g/mol. The fraction of sp³-hybridized carbons (Fsp3) is 0.273. The molecule has 1 nitrogen and oxygen atoms in total. The second-order valence-electron chi connectivity index (χ2n) is 2.76. The molecule has 1 aromatic rings.